The van der Waals surface area contributed by atoms with E-state index >= 15 is 0 Å². The first-order valence-electron chi connectivity index (χ1n) is 6.58. The zero-order valence-electron chi connectivity index (χ0n) is 12.1. The van der Waals surface area contributed by atoms with Gasteiger partial charge in [-0.1, -0.05) is 13.8 Å². The Morgan fingerprint density at radius 1 is 1.43 bits per heavy atom. The fraction of sp³-hybridized carbons (Fsp3) is 0.357. The molecule has 0 aromatic carbocycles. The van der Waals surface area contributed by atoms with Crippen LogP contribution in [0.2, 0.25) is 0 Å². The van der Waals surface area contributed by atoms with Gasteiger partial charge in [0, 0.05) is 17.8 Å². The van der Waals surface area contributed by atoms with E-state index in [1.165, 1.54) is 0 Å². The minimum absolute atomic E-state index is 0.177. The standard InChI is InChI=1S/C14H17BrN4OS/c1-8(2)13-17-7-10(16-3)12(19-13)14(20)18-6-9-4-5-11(15)21-9/h4-5,7-8,16H,6H2,1-3H3,(H,18,20). The van der Waals surface area contributed by atoms with Crippen LogP contribution in [-0.2, 0) is 6.54 Å². The van der Waals surface area contributed by atoms with E-state index in [4.69, 9.17) is 0 Å². The van der Waals surface area contributed by atoms with Gasteiger partial charge < -0.3 is 10.6 Å². The molecule has 5 nitrogen and oxygen atoms in total. The van der Waals surface area contributed by atoms with Crippen molar-refractivity contribution in [3.8, 4) is 0 Å². The topological polar surface area (TPSA) is 66.9 Å². The Morgan fingerprint density at radius 2 is 2.19 bits per heavy atom. The average molecular weight is 369 g/mol. The van der Waals surface area contributed by atoms with Crippen LogP contribution < -0.4 is 10.6 Å². The zero-order chi connectivity index (χ0) is 15.4. The summed E-state index contributed by atoms with van der Waals surface area (Å²) in [5.41, 5.74) is 1.01. The summed E-state index contributed by atoms with van der Waals surface area (Å²) >= 11 is 5.00. The summed E-state index contributed by atoms with van der Waals surface area (Å²) < 4.78 is 1.05. The van der Waals surface area contributed by atoms with Gasteiger partial charge in [-0.3, -0.25) is 4.79 Å². The van der Waals surface area contributed by atoms with Gasteiger partial charge in [-0.2, -0.15) is 0 Å². The molecule has 2 aromatic heterocycles. The smallest absolute Gasteiger partial charge is 0.272 e. The molecule has 0 aliphatic carbocycles. The number of halogens is 1. The molecule has 2 rings (SSSR count). The normalized spacial score (nSPS) is 10.7. The Morgan fingerprint density at radius 3 is 2.76 bits per heavy atom. The van der Waals surface area contributed by atoms with Crippen LogP contribution >= 0.6 is 27.3 Å². The van der Waals surface area contributed by atoms with Crippen LogP contribution in [0.5, 0.6) is 0 Å². The van der Waals surface area contributed by atoms with E-state index in [0.717, 1.165) is 8.66 Å². The van der Waals surface area contributed by atoms with Crippen molar-refractivity contribution in [3.05, 3.63) is 38.5 Å². The van der Waals surface area contributed by atoms with Crippen molar-refractivity contribution in [2.75, 3.05) is 12.4 Å². The molecule has 0 radical (unpaired) electrons. The largest absolute Gasteiger partial charge is 0.385 e. The molecule has 2 heterocycles. The number of nitrogens with one attached hydrogen (secondary N) is 2. The maximum atomic E-state index is 12.3. The number of hydrogen-bond acceptors (Lipinski definition) is 5. The van der Waals surface area contributed by atoms with E-state index in [1.54, 1.807) is 24.6 Å². The molecule has 0 atom stereocenters. The van der Waals surface area contributed by atoms with Gasteiger partial charge in [0.05, 0.1) is 22.2 Å². The van der Waals surface area contributed by atoms with Crippen LogP contribution in [0, 0.1) is 0 Å². The molecule has 2 N–H and O–H groups in total. The summed E-state index contributed by atoms with van der Waals surface area (Å²) in [5, 5.41) is 5.84. The maximum Gasteiger partial charge on any atom is 0.272 e. The number of nitrogens with zero attached hydrogens (tertiary/aromatic N) is 2. The summed E-state index contributed by atoms with van der Waals surface area (Å²) in [4.78, 5) is 22.0. The Hall–Kier alpha value is -1.47. The van der Waals surface area contributed by atoms with Crippen molar-refractivity contribution in [1.82, 2.24) is 15.3 Å². The van der Waals surface area contributed by atoms with Crippen molar-refractivity contribution < 1.29 is 4.79 Å². The third kappa shape index (κ3) is 4.01. The van der Waals surface area contributed by atoms with Crippen LogP contribution in [0.4, 0.5) is 5.69 Å². The highest BCUT2D eigenvalue weighted by Gasteiger charge is 2.16. The molecule has 0 aliphatic heterocycles. The number of carbonyl (C=O) groups excluding carboxylic acids is 1. The second-order valence-electron chi connectivity index (χ2n) is 4.78. The lowest BCUT2D eigenvalue weighted by Crippen LogP contribution is -2.25. The zero-order valence-corrected chi connectivity index (χ0v) is 14.5. The summed E-state index contributed by atoms with van der Waals surface area (Å²) in [6.45, 7) is 4.48. The Kier molecular flexibility index (Phi) is 5.30. The van der Waals surface area contributed by atoms with Gasteiger partial charge in [0.1, 0.15) is 5.82 Å². The molecular formula is C14H17BrN4OS. The van der Waals surface area contributed by atoms with Crippen LogP contribution in [0.15, 0.2) is 22.1 Å². The first kappa shape index (κ1) is 15.9. The van der Waals surface area contributed by atoms with Crippen molar-refractivity contribution in [3.63, 3.8) is 0 Å². The van der Waals surface area contributed by atoms with Gasteiger partial charge in [-0.05, 0) is 28.1 Å². The summed E-state index contributed by atoms with van der Waals surface area (Å²) in [6.07, 6.45) is 1.65. The highest BCUT2D eigenvalue weighted by Crippen LogP contribution is 2.22. The van der Waals surface area contributed by atoms with E-state index in [1.807, 2.05) is 26.0 Å². The molecule has 7 heteroatoms. The van der Waals surface area contributed by atoms with Crippen LogP contribution in [-0.4, -0.2) is 22.9 Å². The molecule has 0 aliphatic rings. The number of thiophene rings is 1. The van der Waals surface area contributed by atoms with Crippen LogP contribution in [0.25, 0.3) is 0 Å². The maximum absolute atomic E-state index is 12.3. The van der Waals surface area contributed by atoms with E-state index in [9.17, 15) is 4.79 Å². The Balaban J connectivity index is 2.15. The molecule has 0 saturated heterocycles. The second-order valence-corrected chi connectivity index (χ2v) is 7.33. The molecule has 0 saturated carbocycles. The highest BCUT2D eigenvalue weighted by molar-refractivity contribution is 9.11. The molecule has 0 spiro atoms. The average Bonchev–Trinajstić information content (AvgIpc) is 2.89. The number of amides is 1. The second kappa shape index (κ2) is 7.00. The highest BCUT2D eigenvalue weighted by atomic mass is 79.9. The first-order valence-corrected chi connectivity index (χ1v) is 8.19. The van der Waals surface area contributed by atoms with Crippen molar-refractivity contribution >= 4 is 38.9 Å². The molecule has 0 unspecified atom stereocenters. The van der Waals surface area contributed by atoms with Crippen molar-refractivity contribution in [1.29, 1.82) is 0 Å². The summed E-state index contributed by atoms with van der Waals surface area (Å²) in [5.74, 6) is 0.641. The quantitative estimate of drug-likeness (QED) is 0.848. The van der Waals surface area contributed by atoms with E-state index < -0.39 is 0 Å². The summed E-state index contributed by atoms with van der Waals surface area (Å²) in [6, 6.07) is 3.94. The number of hydrogen-bond donors (Lipinski definition) is 2. The third-order valence-electron chi connectivity index (χ3n) is 2.86. The predicted molar refractivity (Wildman–Crippen MR) is 88.9 cm³/mol. The lowest BCUT2D eigenvalue weighted by Gasteiger charge is -2.11. The molecule has 21 heavy (non-hydrogen) atoms. The molecule has 1 amide bonds. The molecule has 112 valence electrons. The fourth-order valence-electron chi connectivity index (χ4n) is 1.73. The SMILES string of the molecule is CNc1cnc(C(C)C)nc1C(=O)NCc1ccc(Br)s1. The third-order valence-corrected chi connectivity index (χ3v) is 4.48. The molecule has 0 fully saturated rings. The first-order chi connectivity index (χ1) is 10.0. The molecule has 2 aromatic rings. The van der Waals surface area contributed by atoms with Gasteiger partial charge in [0.15, 0.2) is 5.69 Å². The van der Waals surface area contributed by atoms with Crippen molar-refractivity contribution in [2.45, 2.75) is 26.3 Å². The van der Waals surface area contributed by atoms with Gasteiger partial charge >= 0.3 is 0 Å². The monoisotopic (exact) mass is 368 g/mol. The predicted octanol–water partition coefficient (Wildman–Crippen LogP) is 3.40. The fourth-order valence-corrected chi connectivity index (χ4v) is 3.15. The summed E-state index contributed by atoms with van der Waals surface area (Å²) in [7, 11) is 1.75. The lowest BCUT2D eigenvalue weighted by atomic mass is 10.2. The number of rotatable bonds is 5. The van der Waals surface area contributed by atoms with E-state index in [0.29, 0.717) is 23.8 Å². The Labute approximate surface area is 136 Å². The van der Waals surface area contributed by atoms with Gasteiger partial charge in [0.2, 0.25) is 0 Å². The van der Waals surface area contributed by atoms with Gasteiger partial charge in [-0.25, -0.2) is 9.97 Å². The van der Waals surface area contributed by atoms with Crippen LogP contribution in [0.1, 0.15) is 41.0 Å². The molecular weight excluding hydrogens is 352 g/mol. The minimum Gasteiger partial charge on any atom is -0.385 e. The van der Waals surface area contributed by atoms with E-state index in [-0.39, 0.29) is 11.8 Å². The molecule has 0 bridgehead atoms. The Bertz CT molecular complexity index is 642. The van der Waals surface area contributed by atoms with E-state index in [2.05, 4.69) is 36.5 Å². The van der Waals surface area contributed by atoms with Crippen LogP contribution in [0.3, 0.4) is 0 Å². The van der Waals surface area contributed by atoms with Gasteiger partial charge in [0.25, 0.3) is 5.91 Å². The van der Waals surface area contributed by atoms with Gasteiger partial charge in [-0.15, -0.1) is 11.3 Å². The van der Waals surface area contributed by atoms with Crippen molar-refractivity contribution in [2.24, 2.45) is 0 Å². The number of carbonyl (C=O) groups is 1. The number of aromatic nitrogens is 2. The lowest BCUT2D eigenvalue weighted by molar-refractivity contribution is 0.0946. The number of anilines is 1. The minimum atomic E-state index is -0.201.